The molecule has 0 bridgehead atoms. The van der Waals surface area contributed by atoms with Crippen molar-refractivity contribution < 1.29 is 9.90 Å². The number of hydrogen-bond acceptors (Lipinski definition) is 2. The predicted octanol–water partition coefficient (Wildman–Crippen LogP) is 8.54. The van der Waals surface area contributed by atoms with Gasteiger partial charge in [-0.3, -0.25) is 0 Å². The van der Waals surface area contributed by atoms with Crippen molar-refractivity contribution in [2.45, 2.75) is 99.8 Å². The molecule has 2 heteroatoms. The summed E-state index contributed by atoms with van der Waals surface area (Å²) in [5.74, 6) is 0.893. The van der Waals surface area contributed by atoms with E-state index >= 15 is 0 Å². The Balaban J connectivity index is 0. The van der Waals surface area contributed by atoms with Gasteiger partial charge >= 0.3 is 0 Å². The van der Waals surface area contributed by atoms with Crippen molar-refractivity contribution in [1.82, 2.24) is 0 Å². The molecule has 0 radical (unpaired) electrons. The van der Waals surface area contributed by atoms with Gasteiger partial charge in [0.05, 0.1) is 6.61 Å². The Kier molecular flexibility index (Phi) is 19.0. The summed E-state index contributed by atoms with van der Waals surface area (Å²) in [4.78, 5) is 10.4. The molecule has 1 aromatic carbocycles. The Hall–Kier alpha value is -1.93. The molecule has 1 unspecified atom stereocenters. The fourth-order valence-corrected chi connectivity index (χ4v) is 3.00. The van der Waals surface area contributed by atoms with Gasteiger partial charge in [0.2, 0.25) is 0 Å². The third-order valence-corrected chi connectivity index (χ3v) is 5.16. The first-order valence-corrected chi connectivity index (χ1v) is 11.3. The molecule has 0 heterocycles. The Morgan fingerprint density at radius 2 is 1.45 bits per heavy atom. The number of allylic oxidation sites excluding steroid dienone is 5. The van der Waals surface area contributed by atoms with Gasteiger partial charge in [0.25, 0.3) is 0 Å². The summed E-state index contributed by atoms with van der Waals surface area (Å²) in [5.41, 5.74) is 6.75. The summed E-state index contributed by atoms with van der Waals surface area (Å²) < 4.78 is 0. The fraction of sp³-hybridized carbons (Fsp3) is 0.552. The molecule has 0 aromatic heterocycles. The first-order valence-electron chi connectivity index (χ1n) is 11.3. The van der Waals surface area contributed by atoms with Crippen LogP contribution in [0.25, 0.3) is 0 Å². The largest absolute Gasteiger partial charge is 0.392 e. The Labute approximate surface area is 193 Å². The highest BCUT2D eigenvalue weighted by Gasteiger charge is 2.06. The molecule has 2 nitrogen and oxygen atoms in total. The maximum absolute atomic E-state index is 10.4. The first kappa shape index (κ1) is 31.3. The summed E-state index contributed by atoms with van der Waals surface area (Å²) in [7, 11) is 0. The number of rotatable bonds is 11. The lowest BCUT2D eigenvalue weighted by Crippen LogP contribution is -1.96. The predicted molar refractivity (Wildman–Crippen MR) is 139 cm³/mol. The Bertz CT molecular complexity index is 688. The topological polar surface area (TPSA) is 37.3 Å². The van der Waals surface area contributed by atoms with Crippen LogP contribution in [-0.2, 0) is 4.79 Å². The molecule has 1 rings (SSSR count). The maximum Gasteiger partial charge on any atom is 0.120 e. The lowest BCUT2D eigenvalue weighted by atomic mass is 9.93. The second-order valence-electron chi connectivity index (χ2n) is 8.77. The van der Waals surface area contributed by atoms with E-state index in [1.165, 1.54) is 27.8 Å². The van der Waals surface area contributed by atoms with Crippen LogP contribution in [0, 0.1) is 0 Å². The average molecular weight is 429 g/mol. The number of carbonyl (C=O) groups is 1. The van der Waals surface area contributed by atoms with E-state index in [2.05, 4.69) is 84.9 Å². The highest BCUT2D eigenvalue weighted by atomic mass is 16.2. The average Bonchev–Trinajstić information content (AvgIpc) is 2.68. The minimum Gasteiger partial charge on any atom is -0.392 e. The van der Waals surface area contributed by atoms with E-state index in [4.69, 9.17) is 5.11 Å². The quantitative estimate of drug-likeness (QED) is 0.283. The first-order chi connectivity index (χ1) is 14.2. The van der Waals surface area contributed by atoms with E-state index in [0.717, 1.165) is 32.0 Å². The van der Waals surface area contributed by atoms with Crippen molar-refractivity contribution in [2.24, 2.45) is 0 Å². The zero-order valence-electron chi connectivity index (χ0n) is 20.4. The van der Waals surface area contributed by atoms with E-state index in [1.807, 2.05) is 6.08 Å². The second kappa shape index (κ2) is 18.8. The van der Waals surface area contributed by atoms with Crippen molar-refractivity contribution in [3.05, 3.63) is 70.3 Å². The lowest BCUT2D eigenvalue weighted by molar-refractivity contribution is -0.108. The van der Waals surface area contributed by atoms with Crippen molar-refractivity contribution in [3.8, 4) is 0 Å². The molecule has 0 aliphatic carbocycles. The molecule has 0 fully saturated rings. The zero-order chi connectivity index (χ0) is 22.9. The summed E-state index contributed by atoms with van der Waals surface area (Å²) in [6.45, 7) is 15.2. The molecule has 1 N–H and O–H groups in total. The normalized spacial score (nSPS) is 12.4. The monoisotopic (exact) mass is 428 g/mol. The molecular formula is C29H48O2. The van der Waals surface area contributed by atoms with Gasteiger partial charge < -0.3 is 9.90 Å². The second-order valence-corrected chi connectivity index (χ2v) is 8.77. The molecule has 0 aliphatic heterocycles. The molecule has 1 atom stereocenters. The smallest absolute Gasteiger partial charge is 0.120 e. The summed E-state index contributed by atoms with van der Waals surface area (Å²) in [6.07, 6.45) is 12.5. The fourth-order valence-electron chi connectivity index (χ4n) is 3.00. The number of aliphatic hydroxyl groups excluding tert-OH is 1. The van der Waals surface area contributed by atoms with Crippen LogP contribution in [0.3, 0.4) is 0 Å². The highest BCUT2D eigenvalue weighted by Crippen LogP contribution is 2.22. The molecule has 0 aliphatic rings. The van der Waals surface area contributed by atoms with Crippen LogP contribution < -0.4 is 0 Å². The number of benzene rings is 1. The number of hydrogen-bond donors (Lipinski definition) is 1. The van der Waals surface area contributed by atoms with Crippen molar-refractivity contribution in [3.63, 3.8) is 0 Å². The number of carbonyl (C=O) groups excluding carboxylic acids is 1. The van der Waals surface area contributed by atoms with Gasteiger partial charge in [0.1, 0.15) is 6.29 Å². The van der Waals surface area contributed by atoms with Gasteiger partial charge in [-0.25, -0.2) is 0 Å². The van der Waals surface area contributed by atoms with Crippen LogP contribution in [0.5, 0.6) is 0 Å². The van der Waals surface area contributed by atoms with Gasteiger partial charge in [-0.2, -0.15) is 0 Å². The van der Waals surface area contributed by atoms with E-state index in [0.29, 0.717) is 18.3 Å². The van der Waals surface area contributed by atoms with Gasteiger partial charge in [0, 0.05) is 6.42 Å². The van der Waals surface area contributed by atoms with Crippen LogP contribution in [0.2, 0.25) is 0 Å². The highest BCUT2D eigenvalue weighted by molar-refractivity contribution is 5.51. The third kappa shape index (κ3) is 16.4. The third-order valence-electron chi connectivity index (χ3n) is 5.16. The molecule has 1 aromatic rings. The summed E-state index contributed by atoms with van der Waals surface area (Å²) in [5, 5.41) is 8.72. The van der Waals surface area contributed by atoms with Gasteiger partial charge in [0.15, 0.2) is 0 Å². The van der Waals surface area contributed by atoms with Crippen LogP contribution in [0.15, 0.2) is 59.2 Å². The Morgan fingerprint density at radius 3 is 1.97 bits per heavy atom. The SMILES string of the molecule is C.CC(C)=CCCC(C)=CCCC(C)=CCO.CC(C)c1cccc(C(C)CC=O)c1. The van der Waals surface area contributed by atoms with Gasteiger partial charge in [-0.15, -0.1) is 0 Å². The lowest BCUT2D eigenvalue weighted by Gasteiger charge is -2.11. The minimum absolute atomic E-state index is 0. The molecule has 0 spiro atoms. The van der Waals surface area contributed by atoms with E-state index in [9.17, 15) is 4.79 Å². The molecule has 0 saturated carbocycles. The van der Waals surface area contributed by atoms with E-state index < -0.39 is 0 Å². The summed E-state index contributed by atoms with van der Waals surface area (Å²) >= 11 is 0. The van der Waals surface area contributed by atoms with Crippen molar-refractivity contribution >= 4 is 6.29 Å². The van der Waals surface area contributed by atoms with E-state index in [1.54, 1.807) is 0 Å². The van der Waals surface area contributed by atoms with Crippen LogP contribution >= 0.6 is 0 Å². The molecular weight excluding hydrogens is 380 g/mol. The standard InChI is InChI=1S/C15H26O.C13H18O.CH4/c1-13(2)7-5-8-14(3)9-6-10-15(4)11-12-16;1-10(2)12-5-4-6-13(9-12)11(3)7-8-14;/h7,9,11,16H,5-6,8,10,12H2,1-4H3;4-6,8-11H,7H2,1-3H3;1H4. The molecule has 176 valence electrons. The maximum atomic E-state index is 10.4. The van der Waals surface area contributed by atoms with Gasteiger partial charge in [-0.05, 0) is 76.3 Å². The zero-order valence-corrected chi connectivity index (χ0v) is 20.4. The molecule has 0 amide bonds. The summed E-state index contributed by atoms with van der Waals surface area (Å²) in [6, 6.07) is 8.52. The Morgan fingerprint density at radius 1 is 0.903 bits per heavy atom. The van der Waals surface area contributed by atoms with Crippen LogP contribution in [-0.4, -0.2) is 18.0 Å². The van der Waals surface area contributed by atoms with Crippen molar-refractivity contribution in [1.29, 1.82) is 0 Å². The van der Waals surface area contributed by atoms with Crippen LogP contribution in [0.1, 0.15) is 111 Å². The molecule has 0 saturated heterocycles. The molecule has 31 heavy (non-hydrogen) atoms. The minimum atomic E-state index is 0. The van der Waals surface area contributed by atoms with E-state index in [-0.39, 0.29) is 14.0 Å². The van der Waals surface area contributed by atoms with Gasteiger partial charge in [-0.1, -0.05) is 87.4 Å². The van der Waals surface area contributed by atoms with Crippen molar-refractivity contribution in [2.75, 3.05) is 6.61 Å². The number of aldehydes is 1. The number of aliphatic hydroxyl groups is 1. The van der Waals surface area contributed by atoms with Crippen LogP contribution in [0.4, 0.5) is 0 Å².